The van der Waals surface area contributed by atoms with Gasteiger partial charge in [-0.3, -0.25) is 14.5 Å². The van der Waals surface area contributed by atoms with Crippen LogP contribution in [-0.4, -0.2) is 98.4 Å². The number of hydrogen-bond donors (Lipinski definition) is 1. The smallest absolute Gasteiger partial charge is 0.432 e. The number of amides is 1. The Morgan fingerprint density at radius 2 is 0.670 bits per heavy atom. The molecule has 1 N–H and O–H groups in total. The number of halogens is 6. The second-order valence-electron chi connectivity index (χ2n) is 20.6. The van der Waals surface area contributed by atoms with E-state index in [1.165, 1.54) is 71.9 Å². The molecule has 1 saturated heterocycles. The van der Waals surface area contributed by atoms with Gasteiger partial charge in [0.25, 0.3) is 5.91 Å². The van der Waals surface area contributed by atoms with Crippen LogP contribution in [0.5, 0.6) is 0 Å². The molecule has 1 fully saturated rings. The van der Waals surface area contributed by atoms with E-state index < -0.39 is 12.3 Å². The molecule has 1 aliphatic heterocycles. The highest BCUT2D eigenvalue weighted by atomic mass is 79.9. The zero-order valence-corrected chi connectivity index (χ0v) is 70.3. The Hall–Kier alpha value is -5.47. The fourth-order valence-corrected chi connectivity index (χ4v) is 9.50. The van der Waals surface area contributed by atoms with Gasteiger partial charge in [0.05, 0.1) is 12.3 Å². The highest BCUT2D eigenvalue weighted by Gasteiger charge is 2.33. The maximum absolute atomic E-state index is 12.2. The molecular formula is C79H110Br6N4O8. The third-order valence-electron chi connectivity index (χ3n) is 12.6. The molecule has 12 nitrogen and oxygen atoms in total. The van der Waals surface area contributed by atoms with Gasteiger partial charge in [-0.2, -0.15) is 0 Å². The van der Waals surface area contributed by atoms with Crippen molar-refractivity contribution in [3.05, 3.63) is 216 Å². The van der Waals surface area contributed by atoms with E-state index in [1.54, 1.807) is 12.1 Å². The molecule has 536 valence electrons. The molecule has 0 unspecified atom stereocenters. The summed E-state index contributed by atoms with van der Waals surface area (Å²) in [5, 5.41) is 18.2. The first-order chi connectivity index (χ1) is 47.4. The summed E-state index contributed by atoms with van der Waals surface area (Å²) >= 11 is 17.6. The Morgan fingerprint density at radius 3 is 0.948 bits per heavy atom. The van der Waals surface area contributed by atoms with Crippen LogP contribution in [0, 0.1) is 0 Å². The van der Waals surface area contributed by atoms with Crippen molar-refractivity contribution in [2.45, 2.75) is 152 Å². The lowest BCUT2D eigenvalue weighted by molar-refractivity contribution is -0.157. The molecule has 8 aromatic rings. The monoisotopic (exact) mass is 1720 g/mol. The average Bonchev–Trinajstić information content (AvgIpc) is 1.64. The van der Waals surface area contributed by atoms with Crippen molar-refractivity contribution in [1.82, 2.24) is 20.2 Å². The lowest BCUT2D eigenvalue weighted by atomic mass is 9.98. The number of aliphatic hydroxyl groups is 1. The predicted molar refractivity (Wildman–Crippen MR) is 436 cm³/mol. The summed E-state index contributed by atoms with van der Waals surface area (Å²) in [4.78, 5) is 47.1. The third-order valence-corrected chi connectivity index (χ3v) is 12.6. The minimum Gasteiger partial charge on any atom is -0.432 e. The molecule has 0 radical (unpaired) electrons. The second kappa shape index (κ2) is 61.6. The molecule has 0 atom stereocenters. The fourth-order valence-electron chi connectivity index (χ4n) is 9.50. The molecule has 0 saturated carbocycles. The number of hydrogen-bond acceptors (Lipinski definition) is 10. The van der Waals surface area contributed by atoms with Crippen LogP contribution < -0.4 is 4.84 Å². The number of alkyl halides is 6. The van der Waals surface area contributed by atoms with Crippen LogP contribution in [0.3, 0.4) is 0 Å². The lowest BCUT2D eigenvalue weighted by Gasteiger charge is -2.17. The van der Waals surface area contributed by atoms with Crippen molar-refractivity contribution in [1.29, 1.82) is 0 Å². The van der Waals surface area contributed by atoms with E-state index in [-0.39, 0.29) is 43.5 Å². The van der Waals surface area contributed by atoms with Gasteiger partial charge >= 0.3 is 12.3 Å². The highest BCUT2D eigenvalue weighted by Crippen LogP contribution is 2.47. The summed E-state index contributed by atoms with van der Waals surface area (Å²) < 4.78 is 10.7. The summed E-state index contributed by atoms with van der Waals surface area (Å²) in [6.45, 7) is 29.7. The molecule has 0 spiro atoms. The topological polar surface area (TPSA) is 142 Å². The number of carbonyl (C=O) groups excluding carboxylic acids is 3. The maximum atomic E-state index is 12.2. The van der Waals surface area contributed by atoms with Gasteiger partial charge in [0, 0.05) is 24.2 Å². The first-order valence-corrected chi connectivity index (χ1v) is 42.3. The first kappa shape index (κ1) is 95.7. The zero-order chi connectivity index (χ0) is 74.1. The Balaban J connectivity index is -0.00000116. The Kier molecular flexibility index (Phi) is 60.8. The van der Waals surface area contributed by atoms with Gasteiger partial charge in [0.2, 0.25) is 0 Å². The van der Waals surface area contributed by atoms with Crippen molar-refractivity contribution in [3.8, 4) is 33.4 Å². The maximum Gasteiger partial charge on any atom is 0.535 e. The largest absolute Gasteiger partial charge is 0.535 e. The van der Waals surface area contributed by atoms with Gasteiger partial charge in [-0.1, -0.05) is 386 Å². The predicted octanol–water partition coefficient (Wildman–Crippen LogP) is 25.2. The number of hydroxylamine groups is 2. The van der Waals surface area contributed by atoms with Crippen molar-refractivity contribution < 1.29 is 38.6 Å². The van der Waals surface area contributed by atoms with Crippen LogP contribution in [0.15, 0.2) is 182 Å². The van der Waals surface area contributed by atoms with E-state index in [2.05, 4.69) is 268 Å². The van der Waals surface area contributed by atoms with Crippen LogP contribution >= 0.6 is 95.6 Å². The highest BCUT2D eigenvalue weighted by molar-refractivity contribution is 9.09. The molecular weight excluding hydrogens is 1610 g/mol. The summed E-state index contributed by atoms with van der Waals surface area (Å²) in [5.41, 5.74) is 16.0. The molecule has 97 heavy (non-hydrogen) atoms. The number of aliphatic hydroxyl groups excluding tert-OH is 1. The first-order valence-electron chi connectivity index (χ1n) is 32.8. The molecule has 7 aromatic carbocycles. The summed E-state index contributed by atoms with van der Waals surface area (Å²) in [6, 6.07) is 56.4. The van der Waals surface area contributed by atoms with E-state index >= 15 is 0 Å². The SMILES string of the molecule is C=C1CCC(=O)N1OC(=O)OCC1c2ccccc2-c2ccccc21.CBr.CBr.CBr.CBr.CBr.CBr.CCC.CCC.CCC.CCC.CCC.CCC.O=C(OCC1c2ccccc2-c2ccccc21)On1nnc2ccccc21.OCC1c2ccccc2-c2ccccc21. The van der Waals surface area contributed by atoms with E-state index in [4.69, 9.17) is 19.1 Å². The number of fused-ring (bicyclic) bond motifs is 10. The van der Waals surface area contributed by atoms with Crippen LogP contribution in [-0.2, 0) is 19.1 Å². The van der Waals surface area contributed by atoms with Gasteiger partial charge in [-0.05, 0) is 126 Å². The van der Waals surface area contributed by atoms with Gasteiger partial charge in [0.1, 0.15) is 24.2 Å². The van der Waals surface area contributed by atoms with E-state index in [9.17, 15) is 19.5 Å². The Morgan fingerprint density at radius 1 is 0.412 bits per heavy atom. The molecule has 18 heteroatoms. The van der Waals surface area contributed by atoms with Crippen molar-refractivity contribution in [2.24, 2.45) is 0 Å². The van der Waals surface area contributed by atoms with E-state index in [1.807, 2.05) is 120 Å². The van der Waals surface area contributed by atoms with Crippen LogP contribution in [0.2, 0.25) is 0 Å². The van der Waals surface area contributed by atoms with Gasteiger partial charge < -0.3 is 14.6 Å². The summed E-state index contributed by atoms with van der Waals surface area (Å²) in [5.74, 6) is 10.7. The number of ether oxygens (including phenoxy) is 2. The van der Waals surface area contributed by atoms with Gasteiger partial charge in [-0.15, -0.1) is 10.2 Å². The molecule has 12 rings (SSSR count). The molecule has 0 bridgehead atoms. The number of allylic oxidation sites excluding steroid dienone is 1. The number of rotatable bonds is 7. The van der Waals surface area contributed by atoms with Crippen LogP contribution in [0.1, 0.15) is 186 Å². The molecule has 1 aromatic heterocycles. The quantitative estimate of drug-likeness (QED) is 0.0931. The average molecular weight is 1720 g/mol. The van der Waals surface area contributed by atoms with E-state index in [0.717, 1.165) is 43.3 Å². The van der Waals surface area contributed by atoms with Crippen molar-refractivity contribution in [3.63, 3.8) is 0 Å². The molecule has 2 heterocycles. The minimum absolute atomic E-state index is 0.0163. The molecule has 1 amide bonds. The Labute approximate surface area is 634 Å². The summed E-state index contributed by atoms with van der Waals surface area (Å²) in [6.07, 6.45) is 6.59. The van der Waals surface area contributed by atoms with Crippen LogP contribution in [0.25, 0.3) is 44.4 Å². The number of carbonyl (C=O) groups is 3. The molecule has 4 aliphatic rings. The Bertz CT molecular complexity index is 3160. The standard InChI is InChI=1S/C21H15N3O3.C20H17NO4.C14H12O.6C3H8.6CH3Br/c25-21(27-24-20-12-6-5-11-19(20)22-23-24)26-13-18-16-9-3-1-7-14(16)15-8-2-4-10-17(15)18;1-13-10-11-19(22)21(13)25-20(23)24-12-18-16-8-4-2-6-14(16)15-7-3-5-9-17(15)18;15-9-14-12-7-3-1-5-10(12)11-6-2-4-8-13(11)14;6*1-3-2;6*1-2/h1-12,18H,13H2;2-9,18H,1,10-12H2;1-8,14-15H,9H2;6*3H2,1-2H3;6*1H3. The van der Waals surface area contributed by atoms with Crippen molar-refractivity contribution >= 4 is 125 Å². The van der Waals surface area contributed by atoms with Crippen LogP contribution in [0.4, 0.5) is 9.59 Å². The number of para-hydroxylation sites is 1. The number of aromatic nitrogens is 3. The van der Waals surface area contributed by atoms with Gasteiger partial charge in [-0.25, -0.2) is 9.59 Å². The summed E-state index contributed by atoms with van der Waals surface area (Å²) in [7, 11) is 0. The van der Waals surface area contributed by atoms with Crippen molar-refractivity contribution in [2.75, 3.05) is 54.8 Å². The molecule has 3 aliphatic carbocycles. The number of nitrogens with zero attached hydrogens (tertiary/aromatic N) is 4. The minimum atomic E-state index is -0.890. The normalized spacial score (nSPS) is 11.2. The lowest BCUT2D eigenvalue weighted by Crippen LogP contribution is -2.28. The zero-order valence-electron chi connectivity index (χ0n) is 60.7. The van der Waals surface area contributed by atoms with Gasteiger partial charge in [0.15, 0.2) is 0 Å². The third kappa shape index (κ3) is 31.7. The second-order valence-corrected chi connectivity index (χ2v) is 20.6. The van der Waals surface area contributed by atoms with E-state index in [0.29, 0.717) is 29.6 Å². The fraction of sp³-hybridized carbons (Fsp3) is 0.405. The number of benzene rings is 7.